The largest absolute Gasteiger partial charge is 0.346 e. The van der Waals surface area contributed by atoms with E-state index < -0.39 is 34.5 Å². The molecule has 1 atom stereocenters. The lowest BCUT2D eigenvalue weighted by atomic mass is 9.85. The first-order chi connectivity index (χ1) is 13.6. The summed E-state index contributed by atoms with van der Waals surface area (Å²) in [6.45, 7) is 1.54. The fourth-order valence-electron chi connectivity index (χ4n) is 3.57. The zero-order chi connectivity index (χ0) is 21.1. The van der Waals surface area contributed by atoms with Gasteiger partial charge in [-0.2, -0.15) is 0 Å². The Hall–Kier alpha value is -3.20. The molecule has 4 rings (SSSR count). The molecule has 0 unspecified atom stereocenters. The maximum Gasteiger partial charge on any atom is 0.331 e. The van der Waals surface area contributed by atoms with Crippen LogP contribution in [0.4, 0.5) is 8.78 Å². The average molecular weight is 420 g/mol. The van der Waals surface area contributed by atoms with Crippen LogP contribution in [0.25, 0.3) is 16.7 Å². The molecule has 0 radical (unpaired) electrons. The molecule has 29 heavy (non-hydrogen) atoms. The zero-order valence-corrected chi connectivity index (χ0v) is 16.2. The summed E-state index contributed by atoms with van der Waals surface area (Å²) in [5, 5.41) is 11.0. The van der Waals surface area contributed by atoms with Gasteiger partial charge in [-0.15, -0.1) is 0 Å². The molecule has 1 fully saturated rings. The van der Waals surface area contributed by atoms with Gasteiger partial charge in [0.15, 0.2) is 11.8 Å². The number of hydrogen-bond acceptors (Lipinski definition) is 3. The van der Waals surface area contributed by atoms with Crippen molar-refractivity contribution >= 4 is 34.5 Å². The highest BCUT2D eigenvalue weighted by molar-refractivity contribution is 6.31. The fraction of sp³-hybridized carbons (Fsp3) is 0.211. The fourth-order valence-corrected chi connectivity index (χ4v) is 3.73. The van der Waals surface area contributed by atoms with E-state index in [4.69, 9.17) is 17.0 Å². The molecule has 150 valence electrons. The number of H-pyrrole nitrogens is 1. The summed E-state index contributed by atoms with van der Waals surface area (Å²) >= 11 is 6.00. The standard InChI is InChI=1S/C19H16ClF2N5O2/c1-19(8-14(28)26(2)17(23)25-19)10-4-5-11(21)16(15(10)22)27-13-7-9(20)3-6-12(13)24-18(27)29/h3-7H,8H2,1-2H3,(H2,23,25)(H,24,29)/t19-/m0/s1. The molecule has 1 aliphatic rings. The van der Waals surface area contributed by atoms with Crippen LogP contribution < -0.4 is 11.0 Å². The molecule has 1 aromatic heterocycles. The lowest BCUT2D eigenvalue weighted by Crippen LogP contribution is -2.58. The average Bonchev–Trinajstić information content (AvgIpc) is 2.95. The van der Waals surface area contributed by atoms with Gasteiger partial charge in [0.25, 0.3) is 0 Å². The number of carbonyl (C=O) groups excluding carboxylic acids is 1. The summed E-state index contributed by atoms with van der Waals surface area (Å²) in [4.78, 5) is 28.4. The number of carbonyl (C=O) groups is 1. The van der Waals surface area contributed by atoms with E-state index in [2.05, 4.69) is 10.3 Å². The van der Waals surface area contributed by atoms with Gasteiger partial charge in [0, 0.05) is 17.6 Å². The predicted molar refractivity (Wildman–Crippen MR) is 104 cm³/mol. The van der Waals surface area contributed by atoms with E-state index in [0.29, 0.717) is 10.5 Å². The number of halogens is 3. The number of aromatic amines is 1. The lowest BCUT2D eigenvalue weighted by molar-refractivity contribution is -0.129. The Morgan fingerprint density at radius 2 is 1.93 bits per heavy atom. The van der Waals surface area contributed by atoms with Gasteiger partial charge < -0.3 is 10.3 Å². The van der Waals surface area contributed by atoms with Gasteiger partial charge in [-0.1, -0.05) is 17.7 Å². The van der Waals surface area contributed by atoms with Gasteiger partial charge in [0.1, 0.15) is 11.5 Å². The van der Waals surface area contributed by atoms with Crippen LogP contribution in [-0.2, 0) is 10.3 Å². The lowest BCUT2D eigenvalue weighted by Gasteiger charge is -2.39. The molecule has 0 aliphatic carbocycles. The van der Waals surface area contributed by atoms with Crippen molar-refractivity contribution in [2.45, 2.75) is 18.9 Å². The summed E-state index contributed by atoms with van der Waals surface area (Å²) in [7, 11) is 1.43. The molecule has 0 saturated carbocycles. The zero-order valence-electron chi connectivity index (χ0n) is 15.4. The first-order valence-electron chi connectivity index (χ1n) is 8.65. The van der Waals surface area contributed by atoms with Crippen LogP contribution in [0.1, 0.15) is 18.9 Å². The minimum atomic E-state index is -1.29. The molecule has 1 aliphatic heterocycles. The smallest absolute Gasteiger partial charge is 0.331 e. The van der Waals surface area contributed by atoms with Crippen molar-refractivity contribution < 1.29 is 13.6 Å². The Balaban J connectivity index is 1.96. The second-order valence-corrected chi connectivity index (χ2v) is 7.56. The Labute approximate surface area is 168 Å². The molecular formula is C19H16ClF2N5O2. The van der Waals surface area contributed by atoms with Gasteiger partial charge in [0.05, 0.1) is 23.0 Å². The van der Waals surface area contributed by atoms with E-state index in [-0.39, 0.29) is 23.5 Å². The van der Waals surface area contributed by atoms with Crippen molar-refractivity contribution in [2.75, 3.05) is 7.05 Å². The van der Waals surface area contributed by atoms with Crippen LogP contribution in [0, 0.1) is 17.0 Å². The molecule has 1 saturated heterocycles. The Bertz CT molecular complexity index is 1230. The van der Waals surface area contributed by atoms with Crippen molar-refractivity contribution in [3.63, 3.8) is 0 Å². The molecule has 7 nitrogen and oxygen atoms in total. The highest BCUT2D eigenvalue weighted by atomic mass is 35.5. The number of nitrogens with zero attached hydrogens (tertiary/aromatic N) is 2. The predicted octanol–water partition coefficient (Wildman–Crippen LogP) is 2.85. The molecule has 2 heterocycles. The maximum atomic E-state index is 15.6. The van der Waals surface area contributed by atoms with E-state index >= 15 is 4.39 Å². The summed E-state index contributed by atoms with van der Waals surface area (Å²) in [6, 6.07) is 6.75. The SMILES string of the molecule is CN1C(=N)N[C@](C)(c2ccc(F)c(-n3c(=O)[nH]c4ccc(Cl)cc43)c2F)CC1=O. The van der Waals surface area contributed by atoms with E-state index in [1.807, 2.05) is 0 Å². The number of amides is 1. The summed E-state index contributed by atoms with van der Waals surface area (Å²) in [6.07, 6.45) is -0.150. The molecule has 3 aromatic rings. The normalized spacial score (nSPS) is 19.7. The minimum absolute atomic E-state index is 0.0385. The van der Waals surface area contributed by atoms with E-state index in [1.165, 1.54) is 25.2 Å². The van der Waals surface area contributed by atoms with Gasteiger partial charge >= 0.3 is 5.69 Å². The third-order valence-corrected chi connectivity index (χ3v) is 5.37. The van der Waals surface area contributed by atoms with Crippen molar-refractivity contribution in [3.05, 3.63) is 63.0 Å². The molecule has 10 heteroatoms. The van der Waals surface area contributed by atoms with Crippen molar-refractivity contribution in [1.82, 2.24) is 19.8 Å². The van der Waals surface area contributed by atoms with Gasteiger partial charge in [0.2, 0.25) is 5.91 Å². The second-order valence-electron chi connectivity index (χ2n) is 7.12. The highest BCUT2D eigenvalue weighted by Gasteiger charge is 2.40. The van der Waals surface area contributed by atoms with E-state index in [9.17, 15) is 14.0 Å². The van der Waals surface area contributed by atoms with Crippen LogP contribution in [0.15, 0.2) is 35.1 Å². The number of benzene rings is 2. The molecule has 1 amide bonds. The molecule has 0 bridgehead atoms. The number of hydrogen-bond donors (Lipinski definition) is 3. The summed E-state index contributed by atoms with van der Waals surface area (Å²) in [5.41, 5.74) is -2.07. The third kappa shape index (κ3) is 2.89. The quantitative estimate of drug-likeness (QED) is 0.596. The number of fused-ring (bicyclic) bond motifs is 1. The van der Waals surface area contributed by atoms with Crippen LogP contribution in [0.3, 0.4) is 0 Å². The molecule has 2 aromatic carbocycles. The Kier molecular flexibility index (Phi) is 4.23. The maximum absolute atomic E-state index is 15.6. The summed E-state index contributed by atoms with van der Waals surface area (Å²) in [5.74, 6) is -2.55. The van der Waals surface area contributed by atoms with Crippen LogP contribution in [0.5, 0.6) is 0 Å². The second kappa shape index (κ2) is 6.41. The molecule has 3 N–H and O–H groups in total. The number of aromatic nitrogens is 2. The van der Waals surface area contributed by atoms with E-state index in [0.717, 1.165) is 15.5 Å². The topological polar surface area (TPSA) is 94.0 Å². The van der Waals surface area contributed by atoms with Crippen molar-refractivity contribution in [3.8, 4) is 5.69 Å². The summed E-state index contributed by atoms with van der Waals surface area (Å²) < 4.78 is 31.2. The van der Waals surface area contributed by atoms with Crippen LogP contribution in [0.2, 0.25) is 5.02 Å². The first kappa shape index (κ1) is 19.1. The Morgan fingerprint density at radius 3 is 2.62 bits per heavy atom. The van der Waals surface area contributed by atoms with E-state index in [1.54, 1.807) is 13.0 Å². The Morgan fingerprint density at radius 1 is 1.21 bits per heavy atom. The molecular weight excluding hydrogens is 404 g/mol. The minimum Gasteiger partial charge on any atom is -0.346 e. The number of nitrogens with one attached hydrogen (secondary N) is 3. The first-order valence-corrected chi connectivity index (χ1v) is 9.02. The third-order valence-electron chi connectivity index (χ3n) is 5.14. The van der Waals surface area contributed by atoms with Gasteiger partial charge in [-0.3, -0.25) is 19.7 Å². The highest BCUT2D eigenvalue weighted by Crippen LogP contribution is 2.34. The van der Waals surface area contributed by atoms with Crippen molar-refractivity contribution in [1.29, 1.82) is 5.41 Å². The number of guanidine groups is 1. The van der Waals surface area contributed by atoms with Crippen LogP contribution >= 0.6 is 11.6 Å². The number of rotatable bonds is 2. The van der Waals surface area contributed by atoms with Gasteiger partial charge in [-0.25, -0.2) is 13.6 Å². The van der Waals surface area contributed by atoms with Gasteiger partial charge in [-0.05, 0) is 31.2 Å². The number of imidazole rings is 1. The molecule has 0 spiro atoms. The monoisotopic (exact) mass is 419 g/mol. The van der Waals surface area contributed by atoms with Crippen molar-refractivity contribution in [2.24, 2.45) is 0 Å². The van der Waals surface area contributed by atoms with Crippen LogP contribution in [-0.4, -0.2) is 33.4 Å².